The minimum absolute atomic E-state index is 0.0174. The van der Waals surface area contributed by atoms with Crippen LogP contribution in [0, 0.1) is 0 Å². The van der Waals surface area contributed by atoms with E-state index in [9.17, 15) is 14.4 Å². The molecular formula is C23H18Cl3N7O4S. The number of nitrogens with one attached hydrogen (secondary N) is 2. The average Bonchev–Trinajstić information content (AvgIpc) is 3.43. The molecule has 3 amide bonds. The number of carbonyl (C=O) groups excluding carboxylic acids is 3. The fourth-order valence-corrected chi connectivity index (χ4v) is 5.03. The molecule has 3 heterocycles. The topological polar surface area (TPSA) is 167 Å². The Labute approximate surface area is 234 Å². The highest BCUT2D eigenvalue weighted by Gasteiger charge is 2.24. The minimum Gasteiger partial charge on any atom is -0.494 e. The number of methoxy groups -OCH3 is 1. The van der Waals surface area contributed by atoms with Crippen molar-refractivity contribution >= 4 is 81.2 Å². The van der Waals surface area contributed by atoms with E-state index in [1.807, 2.05) is 0 Å². The Morgan fingerprint density at radius 3 is 2.50 bits per heavy atom. The smallest absolute Gasteiger partial charge is 0.269 e. The second kappa shape index (κ2) is 11.3. The van der Waals surface area contributed by atoms with E-state index in [1.54, 1.807) is 11.4 Å². The van der Waals surface area contributed by atoms with Crippen LogP contribution in [0.15, 0.2) is 42.2 Å². The van der Waals surface area contributed by atoms with Crippen molar-refractivity contribution in [2.24, 2.45) is 5.73 Å². The molecule has 0 unspecified atom stereocenters. The van der Waals surface area contributed by atoms with Crippen LogP contribution in [0.3, 0.4) is 0 Å². The van der Waals surface area contributed by atoms with Gasteiger partial charge < -0.3 is 31.4 Å². The van der Waals surface area contributed by atoms with Crippen molar-refractivity contribution in [1.82, 2.24) is 14.5 Å². The fraction of sp³-hybridized carbons (Fsp3) is 0.0870. The Hall–Kier alpha value is -3.84. The molecule has 0 aliphatic rings. The first-order valence-electron chi connectivity index (χ1n) is 10.6. The Morgan fingerprint density at radius 1 is 1.08 bits per heavy atom. The van der Waals surface area contributed by atoms with Gasteiger partial charge in [-0.1, -0.05) is 34.8 Å². The summed E-state index contributed by atoms with van der Waals surface area (Å²) in [6.07, 6.45) is 2.72. The number of thiophene rings is 1. The quantitative estimate of drug-likeness (QED) is 0.232. The lowest BCUT2D eigenvalue weighted by Gasteiger charge is -2.15. The fourth-order valence-electron chi connectivity index (χ4n) is 3.46. The van der Waals surface area contributed by atoms with E-state index in [-0.39, 0.29) is 55.8 Å². The number of nitrogen functional groups attached to an aromatic ring is 1. The summed E-state index contributed by atoms with van der Waals surface area (Å²) in [4.78, 5) is 46.2. The summed E-state index contributed by atoms with van der Waals surface area (Å²) >= 11 is 19.6. The van der Waals surface area contributed by atoms with Gasteiger partial charge in [-0.25, -0.2) is 9.97 Å². The third-order valence-electron chi connectivity index (χ3n) is 5.19. The molecular weight excluding hydrogens is 577 g/mol. The highest BCUT2D eigenvalue weighted by atomic mass is 35.5. The lowest BCUT2D eigenvalue weighted by Crippen LogP contribution is -2.19. The zero-order valence-electron chi connectivity index (χ0n) is 19.4. The number of nitrogens with zero attached hydrogens (tertiary/aromatic N) is 3. The molecule has 0 saturated heterocycles. The second-order valence-corrected chi connectivity index (χ2v) is 9.81. The Morgan fingerprint density at radius 2 is 1.84 bits per heavy atom. The number of amides is 3. The van der Waals surface area contributed by atoms with E-state index in [2.05, 4.69) is 20.6 Å². The molecule has 0 atom stereocenters. The molecule has 38 heavy (non-hydrogen) atoms. The zero-order chi connectivity index (χ0) is 27.6. The molecule has 3 aromatic heterocycles. The number of pyridine rings is 1. The Bertz CT molecular complexity index is 1550. The number of imidazole rings is 1. The van der Waals surface area contributed by atoms with Gasteiger partial charge in [0.2, 0.25) is 0 Å². The lowest BCUT2D eigenvalue weighted by atomic mass is 10.1. The van der Waals surface area contributed by atoms with Crippen LogP contribution >= 0.6 is 46.1 Å². The molecule has 0 fully saturated rings. The van der Waals surface area contributed by atoms with Crippen LogP contribution in [0.4, 0.5) is 17.3 Å². The summed E-state index contributed by atoms with van der Waals surface area (Å²) in [6, 6.07) is 5.91. The van der Waals surface area contributed by atoms with Gasteiger partial charge in [0, 0.05) is 22.8 Å². The largest absolute Gasteiger partial charge is 0.494 e. The van der Waals surface area contributed by atoms with Crippen molar-refractivity contribution in [3.63, 3.8) is 0 Å². The maximum Gasteiger partial charge on any atom is 0.269 e. The van der Waals surface area contributed by atoms with Gasteiger partial charge in [-0.2, -0.15) is 0 Å². The molecule has 4 aromatic rings. The number of nitrogens with two attached hydrogens (primary N) is 2. The van der Waals surface area contributed by atoms with E-state index in [4.69, 9.17) is 51.0 Å². The number of benzene rings is 1. The molecule has 4 rings (SSSR count). The van der Waals surface area contributed by atoms with Crippen molar-refractivity contribution in [2.75, 3.05) is 23.5 Å². The molecule has 0 radical (unpaired) electrons. The Balaban J connectivity index is 1.62. The predicted octanol–water partition coefficient (Wildman–Crippen LogP) is 4.54. The molecule has 0 saturated carbocycles. The highest BCUT2D eigenvalue weighted by Crippen LogP contribution is 2.35. The van der Waals surface area contributed by atoms with E-state index >= 15 is 0 Å². The third-order valence-corrected chi connectivity index (χ3v) is 7.20. The first-order valence-corrected chi connectivity index (χ1v) is 12.6. The van der Waals surface area contributed by atoms with Gasteiger partial charge in [0.05, 0.1) is 41.3 Å². The Kier molecular flexibility index (Phi) is 8.07. The number of rotatable bonds is 8. The van der Waals surface area contributed by atoms with Gasteiger partial charge in [0.15, 0.2) is 11.5 Å². The van der Waals surface area contributed by atoms with Gasteiger partial charge in [-0.3, -0.25) is 14.4 Å². The normalized spacial score (nSPS) is 10.7. The van der Waals surface area contributed by atoms with Crippen LogP contribution < -0.4 is 26.8 Å². The zero-order valence-corrected chi connectivity index (χ0v) is 22.5. The van der Waals surface area contributed by atoms with Gasteiger partial charge in [0.1, 0.15) is 16.4 Å². The summed E-state index contributed by atoms with van der Waals surface area (Å²) in [5, 5.41) is 7.70. The predicted molar refractivity (Wildman–Crippen MR) is 147 cm³/mol. The number of aromatic nitrogens is 3. The van der Waals surface area contributed by atoms with Crippen molar-refractivity contribution in [2.45, 2.75) is 6.54 Å². The summed E-state index contributed by atoms with van der Waals surface area (Å²) in [6.45, 7) is 0.0943. The van der Waals surface area contributed by atoms with Crippen molar-refractivity contribution in [1.29, 1.82) is 0 Å². The first kappa shape index (κ1) is 27.2. The number of carbonyl (C=O) groups is 3. The number of halogens is 3. The minimum atomic E-state index is -0.751. The van der Waals surface area contributed by atoms with Crippen LogP contribution in [0.5, 0.6) is 5.75 Å². The summed E-state index contributed by atoms with van der Waals surface area (Å²) in [7, 11) is 1.37. The summed E-state index contributed by atoms with van der Waals surface area (Å²) in [5.74, 6) is -1.60. The van der Waals surface area contributed by atoms with Gasteiger partial charge >= 0.3 is 0 Å². The number of primary amides is 1. The van der Waals surface area contributed by atoms with Gasteiger partial charge in [-0.05, 0) is 23.6 Å². The first-order chi connectivity index (χ1) is 18.1. The molecule has 1 aromatic carbocycles. The molecule has 11 nitrogen and oxygen atoms in total. The maximum atomic E-state index is 13.3. The maximum absolute atomic E-state index is 13.3. The van der Waals surface area contributed by atoms with Gasteiger partial charge in [-0.15, -0.1) is 11.3 Å². The number of hydrogen-bond donors (Lipinski definition) is 4. The van der Waals surface area contributed by atoms with Gasteiger partial charge in [0.25, 0.3) is 17.7 Å². The number of ether oxygens (including phenoxy) is 1. The average molecular weight is 595 g/mol. The van der Waals surface area contributed by atoms with E-state index < -0.39 is 17.7 Å². The SMILES string of the molecule is COc1cc(Cl)cc(C(=O)Nc2ccc(Cl)cn2)c1NC(=O)c1scc(Cn2cnc(N)c2C(N)=O)c1Cl. The number of hydrogen-bond acceptors (Lipinski definition) is 8. The monoisotopic (exact) mass is 593 g/mol. The van der Waals surface area contributed by atoms with E-state index in [0.717, 1.165) is 11.3 Å². The van der Waals surface area contributed by atoms with Crippen LogP contribution in [-0.4, -0.2) is 39.4 Å². The van der Waals surface area contributed by atoms with Crippen LogP contribution in [0.1, 0.15) is 36.1 Å². The van der Waals surface area contributed by atoms with Crippen LogP contribution in [0.25, 0.3) is 0 Å². The standard InChI is InChI=1S/C23H18Cl3N7O4S/c1-37-14-5-12(25)4-13(22(35)31-15-3-2-11(24)6-29-15)17(14)32-23(36)19-16(26)10(8-38-19)7-33-9-30-20(27)18(33)21(28)34/h2-6,8-9H,7,27H2,1H3,(H2,28,34)(H,32,36)(H,29,31,35). The highest BCUT2D eigenvalue weighted by molar-refractivity contribution is 7.13. The second-order valence-electron chi connectivity index (χ2n) is 7.68. The molecule has 0 spiro atoms. The molecule has 0 aliphatic carbocycles. The van der Waals surface area contributed by atoms with Crippen LogP contribution in [0.2, 0.25) is 15.1 Å². The van der Waals surface area contributed by atoms with Crippen molar-refractivity contribution in [3.05, 3.63) is 78.9 Å². The summed E-state index contributed by atoms with van der Waals surface area (Å²) < 4.78 is 6.80. The molecule has 196 valence electrons. The van der Waals surface area contributed by atoms with Crippen molar-refractivity contribution in [3.8, 4) is 5.75 Å². The van der Waals surface area contributed by atoms with Crippen molar-refractivity contribution < 1.29 is 19.1 Å². The summed E-state index contributed by atoms with van der Waals surface area (Å²) in [5.41, 5.74) is 11.7. The molecule has 15 heteroatoms. The van der Waals surface area contributed by atoms with E-state index in [0.29, 0.717) is 10.6 Å². The lowest BCUT2D eigenvalue weighted by molar-refractivity contribution is 0.0988. The molecule has 6 N–H and O–H groups in total. The molecule has 0 aliphatic heterocycles. The third kappa shape index (κ3) is 5.68. The van der Waals surface area contributed by atoms with E-state index in [1.165, 1.54) is 42.4 Å². The molecule has 0 bridgehead atoms. The number of anilines is 3. The van der Waals surface area contributed by atoms with Crippen LogP contribution in [-0.2, 0) is 6.54 Å².